The van der Waals surface area contributed by atoms with Gasteiger partial charge in [-0.3, -0.25) is 9.48 Å². The van der Waals surface area contributed by atoms with Crippen LogP contribution in [0.5, 0.6) is 0 Å². The lowest BCUT2D eigenvalue weighted by Gasteiger charge is -2.22. The molecule has 0 spiro atoms. The first kappa shape index (κ1) is 14.5. The lowest BCUT2D eigenvalue weighted by atomic mass is 9.94. The molecule has 1 aromatic rings. The van der Waals surface area contributed by atoms with Gasteiger partial charge in [0.1, 0.15) is 0 Å². The number of hydrogen-bond acceptors (Lipinski definition) is 3. The molecular formula is C10H14F3N3O2. The van der Waals surface area contributed by atoms with Gasteiger partial charge in [-0.05, 0) is 12.5 Å². The van der Waals surface area contributed by atoms with Crippen molar-refractivity contribution >= 4 is 5.97 Å². The predicted molar refractivity (Wildman–Crippen MR) is 56.6 cm³/mol. The molecule has 2 unspecified atom stereocenters. The average molecular weight is 265 g/mol. The molecule has 1 aromatic heterocycles. The number of nitrogens with two attached hydrogens (primary N) is 1. The maximum Gasteiger partial charge on any atom is 0.392 e. The molecule has 102 valence electrons. The molecule has 0 fully saturated rings. The second-order valence-corrected chi connectivity index (χ2v) is 4.06. The minimum Gasteiger partial charge on any atom is -0.481 e. The summed E-state index contributed by atoms with van der Waals surface area (Å²) < 4.78 is 39.3. The number of hydrogen-bond donors (Lipinski definition) is 2. The molecule has 0 amide bonds. The van der Waals surface area contributed by atoms with Crippen LogP contribution in [0.3, 0.4) is 0 Å². The van der Waals surface area contributed by atoms with Gasteiger partial charge in [0.2, 0.25) is 0 Å². The lowest BCUT2D eigenvalue weighted by Crippen LogP contribution is -2.30. The van der Waals surface area contributed by atoms with Crippen molar-refractivity contribution in [1.29, 1.82) is 0 Å². The van der Waals surface area contributed by atoms with Gasteiger partial charge in [0.25, 0.3) is 0 Å². The number of rotatable bonds is 5. The van der Waals surface area contributed by atoms with Crippen molar-refractivity contribution in [2.75, 3.05) is 0 Å². The number of carboxylic acids is 1. The molecule has 1 rings (SSSR count). The third-order valence-electron chi connectivity index (χ3n) is 2.66. The van der Waals surface area contributed by atoms with Gasteiger partial charge >= 0.3 is 12.1 Å². The van der Waals surface area contributed by atoms with Gasteiger partial charge in [-0.15, -0.1) is 0 Å². The van der Waals surface area contributed by atoms with E-state index in [9.17, 15) is 18.0 Å². The number of carboxylic acid groups (broad SMARTS) is 1. The van der Waals surface area contributed by atoms with Crippen molar-refractivity contribution in [3.8, 4) is 0 Å². The minimum atomic E-state index is -4.57. The average Bonchev–Trinajstić information content (AvgIpc) is 2.61. The van der Waals surface area contributed by atoms with Crippen molar-refractivity contribution in [2.45, 2.75) is 25.1 Å². The molecule has 0 aliphatic carbocycles. The topological polar surface area (TPSA) is 81.1 Å². The Labute approximate surface area is 101 Å². The van der Waals surface area contributed by atoms with E-state index in [1.54, 1.807) is 7.05 Å². The van der Waals surface area contributed by atoms with Crippen LogP contribution in [0.1, 0.15) is 24.6 Å². The Bertz CT molecular complexity index is 417. The summed E-state index contributed by atoms with van der Waals surface area (Å²) in [6, 6.07) is 0.613. The van der Waals surface area contributed by atoms with E-state index in [2.05, 4.69) is 5.10 Å². The van der Waals surface area contributed by atoms with Gasteiger partial charge in [-0.1, -0.05) is 0 Å². The van der Waals surface area contributed by atoms with Gasteiger partial charge < -0.3 is 10.8 Å². The second kappa shape index (κ2) is 5.38. The van der Waals surface area contributed by atoms with Crippen molar-refractivity contribution in [1.82, 2.24) is 9.78 Å². The standard InChI is InChI=1S/C10H14F3N3O2/c1-16-8(2-3-15-16)7(14)4-6(5-9(17)18)10(11,12)13/h2-3,6-7H,4-5,14H2,1H3,(H,17,18). The Morgan fingerprint density at radius 3 is 2.61 bits per heavy atom. The molecule has 3 N–H and O–H groups in total. The zero-order chi connectivity index (χ0) is 13.9. The van der Waals surface area contributed by atoms with E-state index < -0.39 is 36.9 Å². The Morgan fingerprint density at radius 1 is 1.61 bits per heavy atom. The third kappa shape index (κ3) is 3.73. The normalized spacial score (nSPS) is 15.4. The summed E-state index contributed by atoms with van der Waals surface area (Å²) in [7, 11) is 1.56. The van der Waals surface area contributed by atoms with E-state index in [-0.39, 0.29) is 0 Å². The van der Waals surface area contributed by atoms with Crippen LogP contribution in [0, 0.1) is 5.92 Å². The minimum absolute atomic E-state index is 0.439. The maximum absolute atomic E-state index is 12.6. The third-order valence-corrected chi connectivity index (χ3v) is 2.66. The Balaban J connectivity index is 2.78. The number of aromatic nitrogens is 2. The van der Waals surface area contributed by atoms with E-state index in [1.165, 1.54) is 16.9 Å². The summed E-state index contributed by atoms with van der Waals surface area (Å²) in [5.41, 5.74) is 6.10. The van der Waals surface area contributed by atoms with E-state index >= 15 is 0 Å². The highest BCUT2D eigenvalue weighted by atomic mass is 19.4. The summed E-state index contributed by atoms with van der Waals surface area (Å²) in [6.07, 6.45) is -4.60. The quantitative estimate of drug-likeness (QED) is 0.844. The van der Waals surface area contributed by atoms with Gasteiger partial charge in [0.05, 0.1) is 18.0 Å². The number of carbonyl (C=O) groups is 1. The van der Waals surface area contributed by atoms with Crippen LogP contribution in [0.15, 0.2) is 12.3 Å². The molecule has 2 atom stereocenters. The van der Waals surface area contributed by atoms with Crippen molar-refractivity contribution < 1.29 is 23.1 Å². The monoisotopic (exact) mass is 265 g/mol. The summed E-state index contributed by atoms with van der Waals surface area (Å²) in [5, 5.41) is 12.3. The van der Waals surface area contributed by atoms with E-state index in [1.807, 2.05) is 0 Å². The summed E-state index contributed by atoms with van der Waals surface area (Å²) >= 11 is 0. The fraction of sp³-hybridized carbons (Fsp3) is 0.600. The molecule has 0 saturated heterocycles. The zero-order valence-corrected chi connectivity index (χ0v) is 9.68. The van der Waals surface area contributed by atoms with Crippen LogP contribution in [-0.2, 0) is 11.8 Å². The number of aliphatic carboxylic acids is 1. The molecule has 8 heteroatoms. The number of halogens is 3. The zero-order valence-electron chi connectivity index (χ0n) is 9.68. The Hall–Kier alpha value is -1.57. The molecule has 0 radical (unpaired) electrons. The molecule has 0 aliphatic heterocycles. The van der Waals surface area contributed by atoms with Gasteiger partial charge in [0, 0.05) is 19.3 Å². The maximum atomic E-state index is 12.6. The van der Waals surface area contributed by atoms with Crippen LogP contribution in [0.2, 0.25) is 0 Å². The molecule has 0 saturated carbocycles. The van der Waals surface area contributed by atoms with Crippen LogP contribution in [0.25, 0.3) is 0 Å². The fourth-order valence-corrected chi connectivity index (χ4v) is 1.72. The number of aryl methyl sites for hydroxylation is 1. The fourth-order valence-electron chi connectivity index (χ4n) is 1.72. The molecule has 5 nitrogen and oxygen atoms in total. The SMILES string of the molecule is Cn1nccc1C(N)CC(CC(=O)O)C(F)(F)F. The van der Waals surface area contributed by atoms with Gasteiger partial charge in [-0.2, -0.15) is 18.3 Å². The molecular weight excluding hydrogens is 251 g/mol. The van der Waals surface area contributed by atoms with Gasteiger partial charge in [-0.25, -0.2) is 0 Å². The molecule has 0 bridgehead atoms. The van der Waals surface area contributed by atoms with Crippen LogP contribution < -0.4 is 5.73 Å². The van der Waals surface area contributed by atoms with Crippen molar-refractivity contribution in [2.24, 2.45) is 18.7 Å². The Morgan fingerprint density at radius 2 is 2.22 bits per heavy atom. The summed E-state index contributed by atoms with van der Waals surface area (Å²) in [4.78, 5) is 10.4. The van der Waals surface area contributed by atoms with Gasteiger partial charge in [0.15, 0.2) is 0 Å². The molecule has 0 aromatic carbocycles. The number of nitrogens with zero attached hydrogens (tertiary/aromatic N) is 2. The summed E-state index contributed by atoms with van der Waals surface area (Å²) in [6.45, 7) is 0. The second-order valence-electron chi connectivity index (χ2n) is 4.06. The predicted octanol–water partition coefficient (Wildman–Crippen LogP) is 1.46. The first-order valence-corrected chi connectivity index (χ1v) is 5.23. The number of alkyl halides is 3. The Kier molecular flexibility index (Phi) is 4.33. The van der Waals surface area contributed by atoms with E-state index in [0.717, 1.165) is 0 Å². The smallest absolute Gasteiger partial charge is 0.392 e. The van der Waals surface area contributed by atoms with E-state index in [0.29, 0.717) is 5.69 Å². The largest absolute Gasteiger partial charge is 0.481 e. The summed E-state index contributed by atoms with van der Waals surface area (Å²) in [5.74, 6) is -3.45. The molecule has 18 heavy (non-hydrogen) atoms. The van der Waals surface area contributed by atoms with Crippen LogP contribution in [0.4, 0.5) is 13.2 Å². The van der Waals surface area contributed by atoms with Crippen LogP contribution >= 0.6 is 0 Å². The first-order chi connectivity index (χ1) is 8.21. The van der Waals surface area contributed by atoms with E-state index in [4.69, 9.17) is 10.8 Å². The highest BCUT2D eigenvalue weighted by Crippen LogP contribution is 2.34. The molecule has 0 aliphatic rings. The first-order valence-electron chi connectivity index (χ1n) is 5.23. The van der Waals surface area contributed by atoms with Crippen LogP contribution in [-0.4, -0.2) is 27.0 Å². The lowest BCUT2D eigenvalue weighted by molar-refractivity contribution is -0.185. The molecule has 1 heterocycles. The van der Waals surface area contributed by atoms with Crippen molar-refractivity contribution in [3.63, 3.8) is 0 Å². The van der Waals surface area contributed by atoms with Crippen molar-refractivity contribution in [3.05, 3.63) is 18.0 Å². The highest BCUT2D eigenvalue weighted by Gasteiger charge is 2.41. The highest BCUT2D eigenvalue weighted by molar-refractivity contribution is 5.67.